The number of anilines is 1. The predicted molar refractivity (Wildman–Crippen MR) is 65.4 cm³/mol. The molecule has 2 N–H and O–H groups in total. The maximum Gasteiger partial charge on any atom is 0.175 e. The molecule has 1 heterocycles. The highest BCUT2D eigenvalue weighted by atomic mass is 35.5. The molecule has 0 saturated carbocycles. The molecule has 3 nitrogen and oxygen atoms in total. The number of nitrogens with zero attached hydrogens (tertiary/aromatic N) is 1. The van der Waals surface area contributed by atoms with E-state index in [9.17, 15) is 4.39 Å². The molecule has 1 aromatic heterocycles. The van der Waals surface area contributed by atoms with Gasteiger partial charge in [-0.25, -0.2) is 4.39 Å². The van der Waals surface area contributed by atoms with Crippen LogP contribution in [0.15, 0.2) is 22.7 Å². The molecule has 90 valence electrons. The van der Waals surface area contributed by atoms with Gasteiger partial charge in [-0.2, -0.15) is 0 Å². The van der Waals surface area contributed by atoms with E-state index in [0.717, 1.165) is 0 Å². The number of rotatable bonds is 2. The highest BCUT2D eigenvalue weighted by molar-refractivity contribution is 6.31. The minimum absolute atomic E-state index is 0.0483. The summed E-state index contributed by atoms with van der Waals surface area (Å²) in [6.07, 6.45) is 0. The Morgan fingerprint density at radius 3 is 2.76 bits per heavy atom. The third-order valence-corrected chi connectivity index (χ3v) is 2.82. The van der Waals surface area contributed by atoms with Gasteiger partial charge >= 0.3 is 0 Å². The molecule has 5 heteroatoms. The minimum atomic E-state index is -0.521. The van der Waals surface area contributed by atoms with Crippen LogP contribution >= 0.6 is 11.6 Å². The van der Waals surface area contributed by atoms with Gasteiger partial charge in [0.2, 0.25) is 0 Å². The Hall–Kier alpha value is -1.55. The number of hydrogen-bond acceptors (Lipinski definition) is 3. The van der Waals surface area contributed by atoms with Crippen LogP contribution in [0.2, 0.25) is 5.02 Å². The number of nitrogen functional groups attached to an aromatic ring is 1. The van der Waals surface area contributed by atoms with Crippen LogP contribution in [0.5, 0.6) is 0 Å². The molecule has 0 atom stereocenters. The Labute approximate surface area is 103 Å². The summed E-state index contributed by atoms with van der Waals surface area (Å²) < 4.78 is 19.0. The summed E-state index contributed by atoms with van der Waals surface area (Å²) in [5, 5.41) is 3.73. The molecule has 2 rings (SSSR count). The topological polar surface area (TPSA) is 52.0 Å². The van der Waals surface area contributed by atoms with Crippen molar-refractivity contribution in [3.63, 3.8) is 0 Å². The van der Waals surface area contributed by atoms with Crippen LogP contribution in [-0.2, 0) is 0 Å². The molecule has 0 fully saturated rings. The van der Waals surface area contributed by atoms with Gasteiger partial charge in [-0.15, -0.1) is 0 Å². The molecule has 17 heavy (non-hydrogen) atoms. The van der Waals surface area contributed by atoms with Gasteiger partial charge in [0.25, 0.3) is 0 Å². The van der Waals surface area contributed by atoms with Gasteiger partial charge in [0.05, 0.1) is 10.6 Å². The van der Waals surface area contributed by atoms with Crippen molar-refractivity contribution in [2.24, 2.45) is 0 Å². The van der Waals surface area contributed by atoms with Gasteiger partial charge in [0.1, 0.15) is 0 Å². The summed E-state index contributed by atoms with van der Waals surface area (Å²) in [7, 11) is 0. The molecule has 0 spiro atoms. The van der Waals surface area contributed by atoms with E-state index in [1.807, 2.05) is 13.8 Å². The molecule has 0 aliphatic carbocycles. The smallest absolute Gasteiger partial charge is 0.175 e. The lowest BCUT2D eigenvalue weighted by Crippen LogP contribution is -1.96. The summed E-state index contributed by atoms with van der Waals surface area (Å²) in [5.74, 6) is 0.203. The second-order valence-corrected chi connectivity index (χ2v) is 4.47. The molecule has 0 aliphatic heterocycles. The SMILES string of the molecule is CC(C)c1c(N)noc1-c1cccc(Cl)c1F. The van der Waals surface area contributed by atoms with Gasteiger partial charge in [0.15, 0.2) is 17.4 Å². The quantitative estimate of drug-likeness (QED) is 0.886. The van der Waals surface area contributed by atoms with Gasteiger partial charge < -0.3 is 10.3 Å². The van der Waals surface area contributed by atoms with E-state index in [0.29, 0.717) is 11.3 Å². The zero-order valence-corrected chi connectivity index (χ0v) is 10.3. The molecule has 0 saturated heterocycles. The van der Waals surface area contributed by atoms with Crippen LogP contribution in [0, 0.1) is 5.82 Å². The first-order chi connectivity index (χ1) is 8.02. The Morgan fingerprint density at radius 2 is 2.12 bits per heavy atom. The van der Waals surface area contributed by atoms with Crippen LogP contribution in [0.3, 0.4) is 0 Å². The Balaban J connectivity index is 2.65. The fourth-order valence-corrected chi connectivity index (χ4v) is 1.92. The fourth-order valence-electron chi connectivity index (χ4n) is 1.74. The van der Waals surface area contributed by atoms with Gasteiger partial charge in [-0.3, -0.25) is 0 Å². The molecule has 0 aliphatic rings. The first-order valence-electron chi connectivity index (χ1n) is 5.21. The molecular formula is C12H12ClFN2O. The molecule has 2 aromatic rings. The Morgan fingerprint density at radius 1 is 1.41 bits per heavy atom. The third kappa shape index (κ3) is 2.00. The van der Waals surface area contributed by atoms with Crippen LogP contribution in [0.25, 0.3) is 11.3 Å². The summed E-state index contributed by atoms with van der Waals surface area (Å²) >= 11 is 5.73. The first-order valence-corrected chi connectivity index (χ1v) is 5.59. The number of benzene rings is 1. The van der Waals surface area contributed by atoms with Crippen LogP contribution in [0.1, 0.15) is 25.3 Å². The number of nitrogens with two attached hydrogens (primary N) is 1. The second kappa shape index (κ2) is 4.37. The van der Waals surface area contributed by atoms with E-state index in [4.69, 9.17) is 21.9 Å². The highest BCUT2D eigenvalue weighted by Gasteiger charge is 2.21. The maximum absolute atomic E-state index is 13.9. The van der Waals surface area contributed by atoms with Gasteiger partial charge in [0, 0.05) is 5.56 Å². The average molecular weight is 255 g/mol. The van der Waals surface area contributed by atoms with E-state index in [1.54, 1.807) is 12.1 Å². The van der Waals surface area contributed by atoms with Crippen LogP contribution < -0.4 is 5.73 Å². The molecule has 0 amide bonds. The molecule has 1 aromatic carbocycles. The highest BCUT2D eigenvalue weighted by Crippen LogP contribution is 2.36. The zero-order valence-electron chi connectivity index (χ0n) is 9.50. The molecular weight excluding hydrogens is 243 g/mol. The van der Waals surface area contributed by atoms with Crippen molar-refractivity contribution in [3.8, 4) is 11.3 Å². The summed E-state index contributed by atoms with van der Waals surface area (Å²) in [6, 6.07) is 4.73. The van der Waals surface area contributed by atoms with E-state index in [1.165, 1.54) is 6.07 Å². The average Bonchev–Trinajstić information content (AvgIpc) is 2.64. The Bertz CT molecular complexity index is 551. The van der Waals surface area contributed by atoms with E-state index in [-0.39, 0.29) is 22.3 Å². The van der Waals surface area contributed by atoms with Crippen LogP contribution in [-0.4, -0.2) is 5.16 Å². The third-order valence-electron chi connectivity index (χ3n) is 2.53. The van der Waals surface area contributed by atoms with Crippen LogP contribution in [0.4, 0.5) is 10.2 Å². The van der Waals surface area contributed by atoms with Gasteiger partial charge in [-0.1, -0.05) is 36.7 Å². The van der Waals surface area contributed by atoms with Crippen molar-refractivity contribution in [2.45, 2.75) is 19.8 Å². The normalized spacial score (nSPS) is 11.1. The van der Waals surface area contributed by atoms with Crippen molar-refractivity contribution < 1.29 is 8.91 Å². The summed E-state index contributed by atoms with van der Waals surface area (Å²) in [4.78, 5) is 0. The second-order valence-electron chi connectivity index (χ2n) is 4.07. The lowest BCUT2D eigenvalue weighted by molar-refractivity contribution is 0.432. The number of halogens is 2. The van der Waals surface area contributed by atoms with Crippen molar-refractivity contribution in [2.75, 3.05) is 5.73 Å². The summed E-state index contributed by atoms with van der Waals surface area (Å²) in [6.45, 7) is 3.88. The molecule has 0 radical (unpaired) electrons. The predicted octanol–water partition coefficient (Wildman–Crippen LogP) is 3.84. The van der Waals surface area contributed by atoms with E-state index >= 15 is 0 Å². The summed E-state index contributed by atoms with van der Waals surface area (Å²) in [5.41, 5.74) is 6.69. The van der Waals surface area contributed by atoms with E-state index in [2.05, 4.69) is 5.16 Å². The van der Waals surface area contributed by atoms with E-state index < -0.39 is 5.82 Å². The van der Waals surface area contributed by atoms with Crippen molar-refractivity contribution >= 4 is 17.4 Å². The molecule has 0 unspecified atom stereocenters. The fraction of sp³-hybridized carbons (Fsp3) is 0.250. The monoisotopic (exact) mass is 254 g/mol. The standard InChI is InChI=1S/C12H12ClFN2O/c1-6(2)9-11(17-16-12(9)15)7-4-3-5-8(13)10(7)14/h3-6H,1-2H3,(H2,15,16). The van der Waals surface area contributed by atoms with Crippen molar-refractivity contribution in [1.29, 1.82) is 0 Å². The van der Waals surface area contributed by atoms with Crippen molar-refractivity contribution in [1.82, 2.24) is 5.16 Å². The zero-order chi connectivity index (χ0) is 12.6. The number of aromatic nitrogens is 1. The number of hydrogen-bond donors (Lipinski definition) is 1. The largest absolute Gasteiger partial charge is 0.381 e. The van der Waals surface area contributed by atoms with Gasteiger partial charge in [-0.05, 0) is 18.1 Å². The minimum Gasteiger partial charge on any atom is -0.381 e. The first kappa shape index (κ1) is 11.9. The Kier molecular flexibility index (Phi) is 3.07. The lowest BCUT2D eigenvalue weighted by Gasteiger charge is -2.06. The lowest BCUT2D eigenvalue weighted by atomic mass is 9.99. The maximum atomic E-state index is 13.9. The molecule has 0 bridgehead atoms. The van der Waals surface area contributed by atoms with Crippen molar-refractivity contribution in [3.05, 3.63) is 34.6 Å².